The maximum atomic E-state index is 12.5. The van der Waals surface area contributed by atoms with Crippen molar-refractivity contribution in [1.29, 1.82) is 0 Å². The Morgan fingerprint density at radius 2 is 1.58 bits per heavy atom. The molecule has 0 saturated heterocycles. The fourth-order valence-electron chi connectivity index (χ4n) is 3.08. The molecule has 0 aromatic heterocycles. The lowest BCUT2D eigenvalue weighted by Gasteiger charge is -2.34. The Labute approximate surface area is 154 Å². The van der Waals surface area contributed by atoms with Gasteiger partial charge in [0.1, 0.15) is 5.54 Å². The minimum Gasteiger partial charge on any atom is -0.480 e. The Bertz CT molecular complexity index is 773. The fraction of sp³-hybridized carbons (Fsp3) is 0.556. The largest absolute Gasteiger partial charge is 0.480 e. The first-order valence-electron chi connectivity index (χ1n) is 8.65. The van der Waals surface area contributed by atoms with Gasteiger partial charge in [-0.1, -0.05) is 19.3 Å². The Morgan fingerprint density at radius 3 is 2.04 bits per heavy atom. The number of hydrogen-bond donors (Lipinski definition) is 3. The highest BCUT2D eigenvalue weighted by atomic mass is 32.2. The van der Waals surface area contributed by atoms with Crippen LogP contribution >= 0.6 is 0 Å². The molecule has 0 aliphatic heterocycles. The summed E-state index contributed by atoms with van der Waals surface area (Å²) < 4.78 is 27.1. The molecule has 144 valence electrons. The van der Waals surface area contributed by atoms with Crippen molar-refractivity contribution in [2.24, 2.45) is 0 Å². The number of nitrogens with one attached hydrogen (secondary N) is 2. The average Bonchev–Trinajstić information content (AvgIpc) is 2.53. The van der Waals surface area contributed by atoms with Crippen molar-refractivity contribution in [2.75, 3.05) is 0 Å². The summed E-state index contributed by atoms with van der Waals surface area (Å²) in [7, 11) is -3.69. The fourth-order valence-corrected chi connectivity index (χ4v) is 4.50. The molecule has 0 spiro atoms. The van der Waals surface area contributed by atoms with Gasteiger partial charge in [-0.3, -0.25) is 4.79 Å². The lowest BCUT2D eigenvalue weighted by Crippen LogP contribution is -2.55. The van der Waals surface area contributed by atoms with Gasteiger partial charge < -0.3 is 10.4 Å². The zero-order chi connectivity index (χ0) is 19.6. The van der Waals surface area contributed by atoms with Gasteiger partial charge in [0, 0.05) is 11.1 Å². The van der Waals surface area contributed by atoms with Gasteiger partial charge in [0.05, 0.1) is 4.90 Å². The molecule has 1 aliphatic carbocycles. The molecule has 7 nitrogen and oxygen atoms in total. The van der Waals surface area contributed by atoms with E-state index in [1.807, 2.05) is 0 Å². The lowest BCUT2D eigenvalue weighted by molar-refractivity contribution is -0.145. The molecule has 0 heterocycles. The molecule has 0 atom stereocenters. The minimum atomic E-state index is -3.69. The van der Waals surface area contributed by atoms with Crippen LogP contribution in [0, 0.1) is 0 Å². The van der Waals surface area contributed by atoms with E-state index in [-0.39, 0.29) is 10.5 Å². The van der Waals surface area contributed by atoms with E-state index >= 15 is 0 Å². The molecular weight excluding hydrogens is 356 g/mol. The number of rotatable bonds is 5. The van der Waals surface area contributed by atoms with Gasteiger partial charge in [-0.2, -0.15) is 0 Å². The molecular formula is C18H26N2O5S. The number of amides is 1. The first kappa shape index (κ1) is 20.4. The standard InChI is InChI=1S/C18H26N2O5S/c1-17(2,3)20-26(24,25)14-9-7-13(8-10-14)15(21)19-18(16(22)23)11-5-4-6-12-18/h7-10,20H,4-6,11-12H2,1-3H3,(H,19,21)(H,22,23). The molecule has 1 amide bonds. The second-order valence-electron chi connectivity index (χ2n) is 7.78. The van der Waals surface area contributed by atoms with E-state index in [0.29, 0.717) is 12.8 Å². The third-order valence-corrected chi connectivity index (χ3v) is 6.11. The highest BCUT2D eigenvalue weighted by molar-refractivity contribution is 7.89. The van der Waals surface area contributed by atoms with Crippen LogP contribution in [0.3, 0.4) is 0 Å². The number of carbonyl (C=O) groups excluding carboxylic acids is 1. The zero-order valence-electron chi connectivity index (χ0n) is 15.3. The second kappa shape index (κ2) is 7.36. The van der Waals surface area contributed by atoms with Crippen LogP contribution in [-0.4, -0.2) is 36.5 Å². The smallest absolute Gasteiger partial charge is 0.329 e. The Hall–Kier alpha value is -1.93. The summed E-state index contributed by atoms with van der Waals surface area (Å²) >= 11 is 0. The number of sulfonamides is 1. The number of carboxylic acid groups (broad SMARTS) is 1. The minimum absolute atomic E-state index is 0.0505. The summed E-state index contributed by atoms with van der Waals surface area (Å²) in [6.07, 6.45) is 3.26. The topological polar surface area (TPSA) is 113 Å². The van der Waals surface area contributed by atoms with Crippen molar-refractivity contribution in [3.05, 3.63) is 29.8 Å². The molecule has 26 heavy (non-hydrogen) atoms. The van der Waals surface area contributed by atoms with Crippen LogP contribution in [0.25, 0.3) is 0 Å². The SMILES string of the molecule is CC(C)(C)NS(=O)(=O)c1ccc(C(=O)NC2(C(=O)O)CCCCC2)cc1. The number of carbonyl (C=O) groups is 2. The second-order valence-corrected chi connectivity index (χ2v) is 9.46. The van der Waals surface area contributed by atoms with Crippen molar-refractivity contribution in [2.45, 2.75) is 68.8 Å². The molecule has 0 radical (unpaired) electrons. The molecule has 8 heteroatoms. The van der Waals surface area contributed by atoms with Crippen LogP contribution in [0.2, 0.25) is 0 Å². The maximum absolute atomic E-state index is 12.5. The van der Waals surface area contributed by atoms with Crippen molar-refractivity contribution < 1.29 is 23.1 Å². The predicted octanol–water partition coefficient (Wildman–Crippen LogP) is 2.28. The molecule has 2 rings (SSSR count). The van der Waals surface area contributed by atoms with Crippen molar-refractivity contribution in [3.63, 3.8) is 0 Å². The van der Waals surface area contributed by atoms with E-state index in [9.17, 15) is 23.1 Å². The van der Waals surface area contributed by atoms with Gasteiger partial charge in [0.15, 0.2) is 0 Å². The Kier molecular flexibility index (Phi) is 5.77. The van der Waals surface area contributed by atoms with E-state index in [2.05, 4.69) is 10.0 Å². The van der Waals surface area contributed by atoms with Crippen LogP contribution in [-0.2, 0) is 14.8 Å². The molecule has 0 bridgehead atoms. The summed E-state index contributed by atoms with van der Waals surface area (Å²) in [5.74, 6) is -1.54. The third kappa shape index (κ3) is 4.82. The first-order valence-corrected chi connectivity index (χ1v) is 10.1. The van der Waals surface area contributed by atoms with Crippen molar-refractivity contribution in [1.82, 2.24) is 10.0 Å². The molecule has 3 N–H and O–H groups in total. The molecule has 1 aliphatic rings. The van der Waals surface area contributed by atoms with E-state index in [4.69, 9.17) is 0 Å². The summed E-state index contributed by atoms with van der Waals surface area (Å²) in [6, 6.07) is 5.48. The third-order valence-electron chi connectivity index (χ3n) is 4.34. The van der Waals surface area contributed by atoms with Crippen molar-refractivity contribution in [3.8, 4) is 0 Å². The van der Waals surface area contributed by atoms with Crippen LogP contribution in [0.4, 0.5) is 0 Å². The Balaban J connectivity index is 2.17. The summed E-state index contributed by atoms with van der Waals surface area (Å²) in [6.45, 7) is 5.21. The van der Waals surface area contributed by atoms with Gasteiger partial charge in [0.25, 0.3) is 5.91 Å². The summed E-state index contributed by atoms with van der Waals surface area (Å²) in [5, 5.41) is 12.2. The normalized spacial score (nSPS) is 17.5. The number of carboxylic acids is 1. The summed E-state index contributed by atoms with van der Waals surface area (Å²) in [4.78, 5) is 24.2. The van der Waals surface area contributed by atoms with Crippen LogP contribution in [0.15, 0.2) is 29.2 Å². The molecule has 1 aromatic carbocycles. The Morgan fingerprint density at radius 1 is 1.04 bits per heavy atom. The van der Waals surface area contributed by atoms with Crippen LogP contribution in [0.1, 0.15) is 63.2 Å². The van der Waals surface area contributed by atoms with E-state index in [1.54, 1.807) is 20.8 Å². The van der Waals surface area contributed by atoms with E-state index in [0.717, 1.165) is 19.3 Å². The average molecular weight is 382 g/mol. The predicted molar refractivity (Wildman–Crippen MR) is 97.4 cm³/mol. The van der Waals surface area contributed by atoms with Crippen LogP contribution in [0.5, 0.6) is 0 Å². The van der Waals surface area contributed by atoms with Gasteiger partial charge in [-0.25, -0.2) is 17.9 Å². The highest BCUT2D eigenvalue weighted by Crippen LogP contribution is 2.29. The van der Waals surface area contributed by atoms with Crippen molar-refractivity contribution >= 4 is 21.9 Å². The molecule has 1 fully saturated rings. The number of benzene rings is 1. The molecule has 1 saturated carbocycles. The molecule has 1 aromatic rings. The van der Waals surface area contributed by atoms with Gasteiger partial charge >= 0.3 is 5.97 Å². The van der Waals surface area contributed by atoms with E-state index in [1.165, 1.54) is 24.3 Å². The molecule has 0 unspecified atom stereocenters. The monoisotopic (exact) mass is 382 g/mol. The van der Waals surface area contributed by atoms with Gasteiger partial charge in [0.2, 0.25) is 10.0 Å². The quantitative estimate of drug-likeness (QED) is 0.723. The highest BCUT2D eigenvalue weighted by Gasteiger charge is 2.41. The van der Waals surface area contributed by atoms with Crippen LogP contribution < -0.4 is 10.0 Å². The van der Waals surface area contributed by atoms with Gasteiger partial charge in [-0.05, 0) is 57.9 Å². The summed E-state index contributed by atoms with van der Waals surface area (Å²) in [5.41, 5.74) is -1.64. The number of aliphatic carboxylic acids is 1. The first-order chi connectivity index (χ1) is 12.0. The lowest BCUT2D eigenvalue weighted by atomic mass is 9.81. The maximum Gasteiger partial charge on any atom is 0.329 e. The zero-order valence-corrected chi connectivity index (χ0v) is 16.1. The number of hydrogen-bond acceptors (Lipinski definition) is 4. The van der Waals surface area contributed by atoms with Gasteiger partial charge in [-0.15, -0.1) is 0 Å². The van der Waals surface area contributed by atoms with E-state index < -0.39 is 33.0 Å².